The van der Waals surface area contributed by atoms with Crippen molar-refractivity contribution in [3.8, 4) is 0 Å². The van der Waals surface area contributed by atoms with Crippen molar-refractivity contribution in [2.45, 2.75) is 89.8 Å². The van der Waals surface area contributed by atoms with Gasteiger partial charge in [0.2, 0.25) is 0 Å². The Hall–Kier alpha value is -1.14. The number of carboxylic acid groups (broad SMARTS) is 1. The van der Waals surface area contributed by atoms with Crippen LogP contribution in [-0.4, -0.2) is 61.4 Å². The highest BCUT2D eigenvalue weighted by Gasteiger charge is 2.23. The van der Waals surface area contributed by atoms with Gasteiger partial charge in [-0.3, -0.25) is 4.79 Å². The minimum absolute atomic E-state index is 0.0861. The molecule has 154 valence electrons. The van der Waals surface area contributed by atoms with E-state index < -0.39 is 24.1 Å². The van der Waals surface area contributed by atoms with Gasteiger partial charge in [-0.1, -0.05) is 58.3 Å². The third kappa shape index (κ3) is 16.3. The van der Waals surface area contributed by atoms with E-state index >= 15 is 0 Å². The van der Waals surface area contributed by atoms with Crippen LogP contribution in [0.1, 0.15) is 77.6 Å². The highest BCUT2D eigenvalue weighted by atomic mass is 16.5. The first-order chi connectivity index (χ1) is 12.1. The summed E-state index contributed by atoms with van der Waals surface area (Å²) < 4.78 is 5.73. The number of aliphatic hydroxyl groups excluding tert-OH is 1. The average Bonchev–Trinajstić information content (AvgIpc) is 2.47. The fourth-order valence-corrected chi connectivity index (χ4v) is 2.98. The summed E-state index contributed by atoms with van der Waals surface area (Å²) in [6.07, 6.45) is 8.17. The van der Waals surface area contributed by atoms with E-state index in [1.807, 2.05) is 21.1 Å². The van der Waals surface area contributed by atoms with E-state index in [2.05, 4.69) is 6.92 Å². The minimum atomic E-state index is -1.24. The molecule has 0 saturated heterocycles. The van der Waals surface area contributed by atoms with Crippen molar-refractivity contribution < 1.29 is 29.0 Å². The molecule has 0 aliphatic rings. The molecule has 0 rings (SSSR count). The molecule has 6 nitrogen and oxygen atoms in total. The maximum atomic E-state index is 12.0. The van der Waals surface area contributed by atoms with Gasteiger partial charge in [0, 0.05) is 12.4 Å². The number of esters is 1. The summed E-state index contributed by atoms with van der Waals surface area (Å²) in [5.41, 5.74) is 0. The van der Waals surface area contributed by atoms with Crippen LogP contribution in [0.15, 0.2) is 0 Å². The van der Waals surface area contributed by atoms with Crippen molar-refractivity contribution in [1.29, 1.82) is 0 Å². The summed E-state index contributed by atoms with van der Waals surface area (Å²) in [5, 5.41) is 20.8. The molecular weight excluding hydrogens is 334 g/mol. The fraction of sp³-hybridized carbons (Fsp3) is 0.900. The molecule has 0 saturated carbocycles. The SMILES string of the molecule is CCCCCCCCCCC(O)CC(=O)OC(CC(=O)[O-])C[N+](C)(C)C. The highest BCUT2D eigenvalue weighted by Crippen LogP contribution is 2.13. The maximum Gasteiger partial charge on any atom is 0.308 e. The van der Waals surface area contributed by atoms with Gasteiger partial charge in [0.1, 0.15) is 6.54 Å². The average molecular weight is 374 g/mol. The number of aliphatic carboxylic acids is 1. The summed E-state index contributed by atoms with van der Waals surface area (Å²) in [6, 6.07) is 0. The van der Waals surface area contributed by atoms with Gasteiger partial charge in [0.05, 0.1) is 33.7 Å². The Bertz CT molecular complexity index is 392. The third-order valence-corrected chi connectivity index (χ3v) is 4.24. The molecule has 2 atom stereocenters. The second-order valence-corrected chi connectivity index (χ2v) is 8.28. The molecule has 0 aliphatic carbocycles. The van der Waals surface area contributed by atoms with E-state index in [-0.39, 0.29) is 12.8 Å². The molecule has 6 heteroatoms. The third-order valence-electron chi connectivity index (χ3n) is 4.24. The van der Waals surface area contributed by atoms with E-state index in [0.717, 1.165) is 19.3 Å². The first kappa shape index (κ1) is 24.9. The minimum Gasteiger partial charge on any atom is -0.550 e. The summed E-state index contributed by atoms with van der Waals surface area (Å²) >= 11 is 0. The number of carboxylic acids is 1. The first-order valence-electron chi connectivity index (χ1n) is 10.0. The molecule has 0 fully saturated rings. The maximum absolute atomic E-state index is 12.0. The van der Waals surface area contributed by atoms with Gasteiger partial charge >= 0.3 is 5.97 Å². The number of nitrogens with zero attached hydrogens (tertiary/aromatic N) is 1. The number of likely N-dealkylation sites (N-methyl/N-ethyl adjacent to an activating group) is 1. The van der Waals surface area contributed by atoms with E-state index in [1.54, 1.807) is 0 Å². The lowest BCUT2D eigenvalue weighted by molar-refractivity contribution is -0.873. The lowest BCUT2D eigenvalue weighted by Crippen LogP contribution is -2.45. The lowest BCUT2D eigenvalue weighted by atomic mass is 10.0. The van der Waals surface area contributed by atoms with E-state index in [1.165, 1.54) is 32.1 Å². The van der Waals surface area contributed by atoms with E-state index in [4.69, 9.17) is 4.74 Å². The zero-order valence-corrected chi connectivity index (χ0v) is 17.2. The number of ether oxygens (including phenoxy) is 1. The summed E-state index contributed by atoms with van der Waals surface area (Å²) in [7, 11) is 5.69. The Kier molecular flexibility index (Phi) is 13.4. The van der Waals surface area contributed by atoms with Crippen LogP contribution in [0.4, 0.5) is 0 Å². The van der Waals surface area contributed by atoms with Crippen molar-refractivity contribution >= 4 is 11.9 Å². The van der Waals surface area contributed by atoms with Crippen LogP contribution < -0.4 is 5.11 Å². The van der Waals surface area contributed by atoms with Crippen molar-refractivity contribution in [3.63, 3.8) is 0 Å². The largest absolute Gasteiger partial charge is 0.550 e. The Morgan fingerprint density at radius 1 is 0.962 bits per heavy atom. The van der Waals surface area contributed by atoms with Crippen molar-refractivity contribution in [2.24, 2.45) is 0 Å². The van der Waals surface area contributed by atoms with Crippen LogP contribution >= 0.6 is 0 Å². The van der Waals surface area contributed by atoms with Crippen LogP contribution in [0.5, 0.6) is 0 Å². The van der Waals surface area contributed by atoms with Crippen LogP contribution in [0.2, 0.25) is 0 Å². The molecule has 0 aromatic heterocycles. The van der Waals surface area contributed by atoms with Crippen LogP contribution in [0.25, 0.3) is 0 Å². The van der Waals surface area contributed by atoms with Crippen molar-refractivity contribution in [1.82, 2.24) is 0 Å². The Morgan fingerprint density at radius 2 is 1.50 bits per heavy atom. The summed E-state index contributed by atoms with van der Waals surface area (Å²) in [6.45, 7) is 2.59. The quantitative estimate of drug-likeness (QED) is 0.254. The molecule has 2 unspecified atom stereocenters. The molecule has 0 heterocycles. The van der Waals surface area contributed by atoms with Crippen LogP contribution in [0.3, 0.4) is 0 Å². The first-order valence-corrected chi connectivity index (χ1v) is 10.0. The van der Waals surface area contributed by atoms with Gasteiger partial charge in [0.25, 0.3) is 0 Å². The zero-order valence-electron chi connectivity index (χ0n) is 17.2. The highest BCUT2D eigenvalue weighted by molar-refractivity contribution is 5.71. The number of unbranched alkanes of at least 4 members (excludes halogenated alkanes) is 7. The second kappa shape index (κ2) is 14.0. The molecule has 1 N–H and O–H groups in total. The number of hydrogen-bond donors (Lipinski definition) is 1. The van der Waals surface area contributed by atoms with Crippen molar-refractivity contribution in [3.05, 3.63) is 0 Å². The Morgan fingerprint density at radius 3 is 2.00 bits per heavy atom. The number of rotatable bonds is 16. The molecule has 0 aromatic carbocycles. The second-order valence-electron chi connectivity index (χ2n) is 8.28. The molecule has 0 aliphatic heterocycles. The van der Waals surface area contributed by atoms with Gasteiger partial charge in [-0.2, -0.15) is 0 Å². The Balaban J connectivity index is 3.98. The molecule has 0 amide bonds. The van der Waals surface area contributed by atoms with E-state index in [9.17, 15) is 19.8 Å². The van der Waals surface area contributed by atoms with Gasteiger partial charge in [-0.15, -0.1) is 0 Å². The number of quaternary nitrogens is 1. The van der Waals surface area contributed by atoms with Gasteiger partial charge < -0.3 is 24.2 Å². The fourth-order valence-electron chi connectivity index (χ4n) is 2.98. The molecule has 0 radical (unpaired) electrons. The number of carbonyl (C=O) groups is 2. The predicted molar refractivity (Wildman–Crippen MR) is 100 cm³/mol. The van der Waals surface area contributed by atoms with Crippen molar-refractivity contribution in [2.75, 3.05) is 27.7 Å². The zero-order chi connectivity index (χ0) is 20.0. The molecule has 0 bridgehead atoms. The standard InChI is InChI=1S/C20H39NO5/c1-5-6-7-8-9-10-11-12-13-17(22)14-20(25)26-18(15-19(23)24)16-21(2,3)4/h17-18,22H,5-16H2,1-4H3. The lowest BCUT2D eigenvalue weighted by Gasteiger charge is -2.29. The number of carbonyl (C=O) groups excluding carboxylic acids is 2. The van der Waals surface area contributed by atoms with Gasteiger partial charge in [-0.25, -0.2) is 0 Å². The molecule has 0 aromatic rings. The number of hydrogen-bond acceptors (Lipinski definition) is 5. The molecular formula is C20H39NO5. The summed E-state index contributed by atoms with van der Waals surface area (Å²) in [5.74, 6) is -1.78. The monoisotopic (exact) mass is 373 g/mol. The normalized spacial score (nSPS) is 14.0. The van der Waals surface area contributed by atoms with Crippen LogP contribution in [-0.2, 0) is 14.3 Å². The van der Waals surface area contributed by atoms with E-state index in [0.29, 0.717) is 17.4 Å². The van der Waals surface area contributed by atoms with Gasteiger partial charge in [0.15, 0.2) is 6.10 Å². The predicted octanol–water partition coefficient (Wildman–Crippen LogP) is 2.03. The van der Waals surface area contributed by atoms with Crippen LogP contribution in [0, 0.1) is 0 Å². The molecule has 26 heavy (non-hydrogen) atoms. The topological polar surface area (TPSA) is 86.7 Å². The molecule has 0 spiro atoms. The smallest absolute Gasteiger partial charge is 0.308 e. The Labute approximate surface area is 159 Å². The summed E-state index contributed by atoms with van der Waals surface area (Å²) in [4.78, 5) is 22.8. The number of aliphatic hydroxyl groups is 1. The van der Waals surface area contributed by atoms with Gasteiger partial charge in [-0.05, 0) is 6.42 Å².